The maximum absolute atomic E-state index is 8.26. The molecule has 0 atom stereocenters. The summed E-state index contributed by atoms with van der Waals surface area (Å²) in [7, 11) is 0. The molecule has 0 saturated carbocycles. The van der Waals surface area contributed by atoms with Crippen molar-refractivity contribution in [3.8, 4) is 6.07 Å². The van der Waals surface area contributed by atoms with E-state index in [0.717, 1.165) is 0 Å². The standard InChI is InChI=1S/C7H9N3/c1-6(4-8)10-5-7(2)9-3/h5H,3H2,1-2H3/b7-5-,10-6?. The van der Waals surface area contributed by atoms with Crippen molar-refractivity contribution in [2.24, 2.45) is 9.98 Å². The summed E-state index contributed by atoms with van der Waals surface area (Å²) in [6, 6.07) is 1.89. The molecular weight excluding hydrogens is 126 g/mol. The Bertz CT molecular complexity index is 217. The monoisotopic (exact) mass is 135 g/mol. The number of nitriles is 1. The molecule has 0 saturated heterocycles. The van der Waals surface area contributed by atoms with Crippen LogP contribution in [0.3, 0.4) is 0 Å². The molecule has 0 unspecified atom stereocenters. The van der Waals surface area contributed by atoms with Gasteiger partial charge in [-0.1, -0.05) is 0 Å². The zero-order valence-electron chi connectivity index (χ0n) is 6.13. The molecule has 0 aliphatic heterocycles. The van der Waals surface area contributed by atoms with Crippen molar-refractivity contribution in [1.82, 2.24) is 0 Å². The Morgan fingerprint density at radius 1 is 1.60 bits per heavy atom. The number of hydrogen-bond acceptors (Lipinski definition) is 3. The Morgan fingerprint density at radius 3 is 2.60 bits per heavy atom. The van der Waals surface area contributed by atoms with Gasteiger partial charge in [0.15, 0.2) is 0 Å². The lowest BCUT2D eigenvalue weighted by Gasteiger charge is -1.84. The van der Waals surface area contributed by atoms with Crippen LogP contribution in [0.4, 0.5) is 0 Å². The lowest BCUT2D eigenvalue weighted by molar-refractivity contribution is 1.28. The molecule has 52 valence electrons. The largest absolute Gasteiger partial charge is 0.268 e. The highest BCUT2D eigenvalue weighted by Gasteiger charge is 1.81. The first-order valence-electron chi connectivity index (χ1n) is 2.78. The summed E-state index contributed by atoms with van der Waals surface area (Å²) < 4.78 is 0. The Morgan fingerprint density at radius 2 is 2.20 bits per heavy atom. The summed E-state index contributed by atoms with van der Waals surface area (Å²) in [6.45, 7) is 6.69. The highest BCUT2D eigenvalue weighted by Crippen LogP contribution is 1.92. The van der Waals surface area contributed by atoms with Crippen LogP contribution in [0.2, 0.25) is 0 Å². The quantitative estimate of drug-likeness (QED) is 0.529. The van der Waals surface area contributed by atoms with E-state index in [0.29, 0.717) is 11.4 Å². The van der Waals surface area contributed by atoms with Gasteiger partial charge in [0.2, 0.25) is 0 Å². The van der Waals surface area contributed by atoms with Crippen molar-refractivity contribution in [1.29, 1.82) is 5.26 Å². The van der Waals surface area contributed by atoms with E-state index < -0.39 is 0 Å². The summed E-state index contributed by atoms with van der Waals surface area (Å²) in [5.41, 5.74) is 1.12. The van der Waals surface area contributed by atoms with E-state index in [-0.39, 0.29) is 0 Å². The molecule has 0 amide bonds. The van der Waals surface area contributed by atoms with Gasteiger partial charge in [-0.3, -0.25) is 4.99 Å². The van der Waals surface area contributed by atoms with E-state index in [9.17, 15) is 0 Å². The van der Waals surface area contributed by atoms with Crippen LogP contribution in [-0.4, -0.2) is 12.4 Å². The SMILES string of the molecule is C=N/C(C)=C\N=C(C)C#N. The highest BCUT2D eigenvalue weighted by molar-refractivity contribution is 5.96. The van der Waals surface area contributed by atoms with Gasteiger partial charge >= 0.3 is 0 Å². The number of allylic oxidation sites excluding steroid dienone is 1. The smallest absolute Gasteiger partial charge is 0.115 e. The molecule has 0 aromatic heterocycles. The zero-order chi connectivity index (χ0) is 7.98. The Balaban J connectivity index is 4.21. The van der Waals surface area contributed by atoms with E-state index in [1.165, 1.54) is 6.20 Å². The fourth-order valence-electron chi connectivity index (χ4n) is 0.260. The maximum Gasteiger partial charge on any atom is 0.115 e. The summed E-state index contributed by atoms with van der Waals surface area (Å²) in [5, 5.41) is 8.26. The van der Waals surface area contributed by atoms with Crippen LogP contribution in [-0.2, 0) is 0 Å². The fourth-order valence-corrected chi connectivity index (χ4v) is 0.260. The summed E-state index contributed by atoms with van der Waals surface area (Å²) in [4.78, 5) is 7.36. The molecule has 0 fully saturated rings. The molecule has 0 radical (unpaired) electrons. The third kappa shape index (κ3) is 3.56. The number of hydrogen-bond donors (Lipinski definition) is 0. The first-order chi connectivity index (χ1) is 4.70. The van der Waals surface area contributed by atoms with E-state index in [2.05, 4.69) is 16.7 Å². The lowest BCUT2D eigenvalue weighted by atomic mass is 10.5. The topological polar surface area (TPSA) is 48.5 Å². The third-order valence-corrected chi connectivity index (χ3v) is 0.856. The van der Waals surface area contributed by atoms with Crippen LogP contribution in [0.25, 0.3) is 0 Å². The molecule has 10 heavy (non-hydrogen) atoms. The predicted molar refractivity (Wildman–Crippen MR) is 42.0 cm³/mol. The lowest BCUT2D eigenvalue weighted by Crippen LogP contribution is -1.80. The van der Waals surface area contributed by atoms with Gasteiger partial charge in [-0.2, -0.15) is 5.26 Å². The van der Waals surface area contributed by atoms with Gasteiger partial charge in [-0.25, -0.2) is 4.99 Å². The van der Waals surface area contributed by atoms with Crippen LogP contribution in [0, 0.1) is 11.3 Å². The minimum absolute atomic E-state index is 0.419. The van der Waals surface area contributed by atoms with Crippen LogP contribution in [0.1, 0.15) is 13.8 Å². The van der Waals surface area contributed by atoms with Crippen molar-refractivity contribution in [3.05, 3.63) is 11.9 Å². The second kappa shape index (κ2) is 4.45. The molecule has 0 spiro atoms. The molecule has 0 N–H and O–H groups in total. The third-order valence-electron chi connectivity index (χ3n) is 0.856. The van der Waals surface area contributed by atoms with Gasteiger partial charge in [0, 0.05) is 6.20 Å². The van der Waals surface area contributed by atoms with Crippen molar-refractivity contribution in [3.63, 3.8) is 0 Å². The molecule has 0 heterocycles. The number of rotatable bonds is 2. The average Bonchev–Trinajstić information content (AvgIpc) is 1.99. The van der Waals surface area contributed by atoms with Crippen LogP contribution in [0.15, 0.2) is 21.9 Å². The van der Waals surface area contributed by atoms with Crippen molar-refractivity contribution in [2.45, 2.75) is 13.8 Å². The van der Waals surface area contributed by atoms with E-state index in [4.69, 9.17) is 5.26 Å². The second-order valence-electron chi connectivity index (χ2n) is 1.75. The predicted octanol–water partition coefficient (Wildman–Crippen LogP) is 1.53. The molecule has 3 heteroatoms. The molecule has 0 aromatic carbocycles. The van der Waals surface area contributed by atoms with Crippen LogP contribution in [0.5, 0.6) is 0 Å². The van der Waals surface area contributed by atoms with Crippen molar-refractivity contribution in [2.75, 3.05) is 0 Å². The van der Waals surface area contributed by atoms with Crippen molar-refractivity contribution < 1.29 is 0 Å². The molecule has 0 aliphatic carbocycles. The number of aliphatic imine (C=N–C) groups is 2. The maximum atomic E-state index is 8.26. The molecule has 0 bridgehead atoms. The van der Waals surface area contributed by atoms with Gasteiger partial charge in [-0.15, -0.1) is 0 Å². The average molecular weight is 135 g/mol. The Labute approximate surface area is 60.4 Å². The van der Waals surface area contributed by atoms with Gasteiger partial charge in [0.1, 0.15) is 11.8 Å². The molecule has 0 rings (SSSR count). The zero-order valence-corrected chi connectivity index (χ0v) is 6.13. The second-order valence-corrected chi connectivity index (χ2v) is 1.75. The Kier molecular flexibility index (Phi) is 3.81. The van der Waals surface area contributed by atoms with Crippen LogP contribution < -0.4 is 0 Å². The fraction of sp³-hybridized carbons (Fsp3) is 0.286. The molecular formula is C7H9N3. The highest BCUT2D eigenvalue weighted by atomic mass is 14.8. The van der Waals surface area contributed by atoms with E-state index >= 15 is 0 Å². The summed E-state index contributed by atoms with van der Waals surface area (Å²) >= 11 is 0. The van der Waals surface area contributed by atoms with Gasteiger partial charge in [0.25, 0.3) is 0 Å². The van der Waals surface area contributed by atoms with E-state index in [1.807, 2.05) is 6.07 Å². The first-order valence-corrected chi connectivity index (χ1v) is 2.78. The van der Waals surface area contributed by atoms with Crippen LogP contribution >= 0.6 is 0 Å². The molecule has 3 nitrogen and oxygen atoms in total. The summed E-state index contributed by atoms with van der Waals surface area (Å²) in [6.07, 6.45) is 1.51. The normalized spacial score (nSPS) is 12.5. The minimum atomic E-state index is 0.419. The van der Waals surface area contributed by atoms with Gasteiger partial charge < -0.3 is 0 Å². The summed E-state index contributed by atoms with van der Waals surface area (Å²) in [5.74, 6) is 0. The minimum Gasteiger partial charge on any atom is -0.268 e. The molecule has 0 aliphatic rings. The van der Waals surface area contributed by atoms with Gasteiger partial charge in [-0.05, 0) is 20.6 Å². The number of nitrogens with zero attached hydrogens (tertiary/aromatic N) is 3. The molecule has 0 aromatic rings. The Hall–Kier alpha value is -1.43. The first kappa shape index (κ1) is 8.57. The van der Waals surface area contributed by atoms with E-state index in [1.54, 1.807) is 13.8 Å². The van der Waals surface area contributed by atoms with Gasteiger partial charge in [0.05, 0.1) is 5.70 Å². The van der Waals surface area contributed by atoms with Crippen molar-refractivity contribution >= 4 is 12.4 Å².